The number of nitrogens with zero attached hydrogens (tertiary/aromatic N) is 2. The Hall–Kier alpha value is -1.59. The van der Waals surface area contributed by atoms with Crippen molar-refractivity contribution < 1.29 is 0 Å². The first kappa shape index (κ1) is 14.8. The highest BCUT2D eigenvalue weighted by Crippen LogP contribution is 2.20. The molecule has 20 heavy (non-hydrogen) atoms. The molecule has 0 amide bonds. The van der Waals surface area contributed by atoms with E-state index in [9.17, 15) is 0 Å². The lowest BCUT2D eigenvalue weighted by atomic mass is 10.3. The molecule has 2 rings (SSSR count). The molecule has 0 aliphatic carbocycles. The summed E-state index contributed by atoms with van der Waals surface area (Å²) in [5.74, 6) is 0. The molecular weight excluding hydrogens is 292 g/mol. The standard InChI is InChI=1S/C14H17ClN4S/c1-4-19-10(3)13(9(2)18-19)17-14(20)16-12-7-5-11(15)6-8-12/h5-8H,4H2,1-3H3,(H2,16,17,20). The lowest BCUT2D eigenvalue weighted by Gasteiger charge is -2.11. The van der Waals surface area contributed by atoms with Crippen LogP contribution in [0.25, 0.3) is 0 Å². The molecule has 6 heteroatoms. The van der Waals surface area contributed by atoms with Crippen molar-refractivity contribution >= 4 is 40.3 Å². The van der Waals surface area contributed by atoms with Gasteiger partial charge in [0.15, 0.2) is 5.11 Å². The van der Waals surface area contributed by atoms with Gasteiger partial charge in [-0.25, -0.2) is 0 Å². The van der Waals surface area contributed by atoms with E-state index in [0.717, 1.165) is 29.3 Å². The number of thiocarbonyl (C=S) groups is 1. The molecule has 4 nitrogen and oxygen atoms in total. The minimum atomic E-state index is 0.536. The van der Waals surface area contributed by atoms with Crippen LogP contribution >= 0.6 is 23.8 Å². The maximum absolute atomic E-state index is 5.85. The number of halogens is 1. The van der Waals surface area contributed by atoms with Crippen LogP contribution in [0.4, 0.5) is 11.4 Å². The molecule has 2 aromatic rings. The SMILES string of the molecule is CCn1nc(C)c(NC(=S)Nc2ccc(Cl)cc2)c1C. The third-order valence-corrected chi connectivity index (χ3v) is 3.48. The summed E-state index contributed by atoms with van der Waals surface area (Å²) in [6, 6.07) is 7.40. The molecule has 106 valence electrons. The monoisotopic (exact) mass is 308 g/mol. The van der Waals surface area contributed by atoms with E-state index in [0.29, 0.717) is 10.1 Å². The van der Waals surface area contributed by atoms with E-state index in [4.69, 9.17) is 23.8 Å². The molecule has 0 aliphatic heterocycles. The van der Waals surface area contributed by atoms with Crippen molar-refractivity contribution in [2.45, 2.75) is 27.3 Å². The molecule has 0 spiro atoms. The van der Waals surface area contributed by atoms with Crippen LogP contribution in [0.2, 0.25) is 5.02 Å². The fourth-order valence-electron chi connectivity index (χ4n) is 1.99. The Kier molecular flexibility index (Phi) is 4.62. The fraction of sp³-hybridized carbons (Fsp3) is 0.286. The first-order valence-corrected chi connectivity index (χ1v) is 7.17. The number of anilines is 2. The van der Waals surface area contributed by atoms with Crippen molar-refractivity contribution in [1.82, 2.24) is 9.78 Å². The minimum Gasteiger partial charge on any atom is -0.332 e. The molecule has 0 saturated carbocycles. The number of rotatable bonds is 3. The molecule has 0 radical (unpaired) electrons. The zero-order valence-electron chi connectivity index (χ0n) is 11.7. The van der Waals surface area contributed by atoms with Crippen molar-refractivity contribution in [2.75, 3.05) is 10.6 Å². The van der Waals surface area contributed by atoms with E-state index >= 15 is 0 Å². The Labute approximate surface area is 129 Å². The van der Waals surface area contributed by atoms with E-state index in [1.165, 1.54) is 0 Å². The highest BCUT2D eigenvalue weighted by molar-refractivity contribution is 7.80. The predicted octanol–water partition coefficient (Wildman–Crippen LogP) is 3.98. The first-order valence-electron chi connectivity index (χ1n) is 6.39. The summed E-state index contributed by atoms with van der Waals surface area (Å²) in [7, 11) is 0. The van der Waals surface area contributed by atoms with Gasteiger partial charge in [0.05, 0.1) is 17.1 Å². The lowest BCUT2D eigenvalue weighted by Crippen LogP contribution is -2.19. The van der Waals surface area contributed by atoms with Gasteiger partial charge in [-0.3, -0.25) is 4.68 Å². The van der Waals surface area contributed by atoms with Crippen molar-refractivity contribution in [1.29, 1.82) is 0 Å². The lowest BCUT2D eigenvalue weighted by molar-refractivity contribution is 0.634. The Balaban J connectivity index is 2.08. The summed E-state index contributed by atoms with van der Waals surface area (Å²) < 4.78 is 1.95. The smallest absolute Gasteiger partial charge is 0.175 e. The zero-order valence-corrected chi connectivity index (χ0v) is 13.3. The summed E-state index contributed by atoms with van der Waals surface area (Å²) in [5, 5.41) is 12.0. The van der Waals surface area contributed by atoms with Gasteiger partial charge in [0.2, 0.25) is 0 Å². The molecule has 0 aliphatic rings. The van der Waals surface area contributed by atoms with Crippen LogP contribution in [0.1, 0.15) is 18.3 Å². The van der Waals surface area contributed by atoms with Gasteiger partial charge < -0.3 is 10.6 Å². The Morgan fingerprint density at radius 3 is 2.45 bits per heavy atom. The highest BCUT2D eigenvalue weighted by atomic mass is 35.5. The van der Waals surface area contributed by atoms with Crippen molar-refractivity contribution in [3.63, 3.8) is 0 Å². The molecule has 0 fully saturated rings. The third kappa shape index (κ3) is 3.29. The van der Waals surface area contributed by atoms with Crippen LogP contribution in [-0.4, -0.2) is 14.9 Å². The van der Waals surface area contributed by atoms with E-state index in [1.54, 1.807) is 0 Å². The Morgan fingerprint density at radius 2 is 1.90 bits per heavy atom. The number of aryl methyl sites for hydroxylation is 2. The Morgan fingerprint density at radius 1 is 1.25 bits per heavy atom. The second-order valence-electron chi connectivity index (χ2n) is 4.45. The topological polar surface area (TPSA) is 41.9 Å². The first-order chi connectivity index (χ1) is 9.51. The van der Waals surface area contributed by atoms with Gasteiger partial charge in [-0.1, -0.05) is 11.6 Å². The molecule has 1 aromatic heterocycles. The molecule has 1 heterocycles. The average Bonchev–Trinajstić information content (AvgIpc) is 2.69. The van der Waals surface area contributed by atoms with Crippen molar-refractivity contribution in [3.8, 4) is 0 Å². The second-order valence-corrected chi connectivity index (χ2v) is 5.29. The van der Waals surface area contributed by atoms with E-state index in [2.05, 4.69) is 22.7 Å². The van der Waals surface area contributed by atoms with Crippen LogP contribution in [-0.2, 0) is 6.54 Å². The molecular formula is C14H17ClN4S. The molecule has 0 saturated heterocycles. The van der Waals surface area contributed by atoms with Crippen LogP contribution in [0.15, 0.2) is 24.3 Å². The molecule has 0 unspecified atom stereocenters. The summed E-state index contributed by atoms with van der Waals surface area (Å²) in [6.45, 7) is 6.89. The minimum absolute atomic E-state index is 0.536. The van der Waals surface area contributed by atoms with Gasteiger partial charge in [-0.2, -0.15) is 5.10 Å². The largest absolute Gasteiger partial charge is 0.332 e. The van der Waals surface area contributed by atoms with E-state index < -0.39 is 0 Å². The molecule has 1 aromatic carbocycles. The van der Waals surface area contributed by atoms with Crippen molar-refractivity contribution in [3.05, 3.63) is 40.7 Å². The van der Waals surface area contributed by atoms with Gasteiger partial charge in [-0.15, -0.1) is 0 Å². The maximum atomic E-state index is 5.85. The Bertz CT molecular complexity index is 619. The van der Waals surface area contributed by atoms with Crippen LogP contribution in [0.5, 0.6) is 0 Å². The summed E-state index contributed by atoms with van der Waals surface area (Å²) in [6.07, 6.45) is 0. The number of aromatic nitrogens is 2. The number of hydrogen-bond donors (Lipinski definition) is 2. The summed E-state index contributed by atoms with van der Waals surface area (Å²) >= 11 is 11.2. The summed E-state index contributed by atoms with van der Waals surface area (Å²) in [5.41, 5.74) is 3.86. The van der Waals surface area contributed by atoms with Crippen LogP contribution in [0, 0.1) is 13.8 Å². The van der Waals surface area contributed by atoms with E-state index in [1.807, 2.05) is 42.8 Å². The number of benzene rings is 1. The fourth-order valence-corrected chi connectivity index (χ4v) is 2.34. The van der Waals surface area contributed by atoms with Gasteiger partial charge in [0, 0.05) is 17.3 Å². The van der Waals surface area contributed by atoms with Gasteiger partial charge in [0.1, 0.15) is 0 Å². The van der Waals surface area contributed by atoms with Crippen LogP contribution in [0.3, 0.4) is 0 Å². The normalized spacial score (nSPS) is 10.4. The zero-order chi connectivity index (χ0) is 14.7. The average molecular weight is 309 g/mol. The molecule has 2 N–H and O–H groups in total. The molecule has 0 bridgehead atoms. The highest BCUT2D eigenvalue weighted by Gasteiger charge is 2.11. The predicted molar refractivity (Wildman–Crippen MR) is 88.7 cm³/mol. The van der Waals surface area contributed by atoms with Gasteiger partial charge >= 0.3 is 0 Å². The third-order valence-electron chi connectivity index (χ3n) is 3.02. The maximum Gasteiger partial charge on any atom is 0.175 e. The molecule has 0 atom stereocenters. The van der Waals surface area contributed by atoms with Gasteiger partial charge in [-0.05, 0) is 57.3 Å². The quantitative estimate of drug-likeness (QED) is 0.842. The number of hydrogen-bond acceptors (Lipinski definition) is 2. The van der Waals surface area contributed by atoms with Crippen molar-refractivity contribution in [2.24, 2.45) is 0 Å². The van der Waals surface area contributed by atoms with Crippen LogP contribution < -0.4 is 10.6 Å². The summed E-state index contributed by atoms with van der Waals surface area (Å²) in [4.78, 5) is 0. The van der Waals surface area contributed by atoms with Gasteiger partial charge in [0.25, 0.3) is 0 Å². The second kappa shape index (κ2) is 6.24. The number of nitrogens with one attached hydrogen (secondary N) is 2. The van der Waals surface area contributed by atoms with E-state index in [-0.39, 0.29) is 0 Å².